The molecule has 1 atom stereocenters. The molecule has 0 radical (unpaired) electrons. The number of hydrogen-bond donors (Lipinski definition) is 2. The Morgan fingerprint density at radius 1 is 1.15 bits per heavy atom. The van der Waals surface area contributed by atoms with Gasteiger partial charge in [0.2, 0.25) is 0 Å². The molecule has 1 aromatic carbocycles. The Balaban J connectivity index is 2.94. The number of benzene rings is 1. The second-order valence-electron chi connectivity index (χ2n) is 5.06. The third-order valence-electron chi connectivity index (χ3n) is 3.47. The molecule has 0 heterocycles. The number of rotatable bonds is 9. The predicted octanol–water partition coefficient (Wildman–Crippen LogP) is 2.62. The Labute approximate surface area is 122 Å². The van der Waals surface area contributed by atoms with Crippen molar-refractivity contribution in [1.82, 2.24) is 10.3 Å². The topological polar surface area (TPSA) is 58.4 Å². The highest BCUT2D eigenvalue weighted by Crippen LogP contribution is 2.22. The first-order chi connectivity index (χ1) is 9.74. The number of hydrogen-bond acceptors (Lipinski definition) is 3. The standard InChI is InChI=1S/C16H27N3O/c1-3-5-12-19(13-6-4-2)15(16(20)18-17)14-10-8-7-9-11-14/h7-11,15H,3-6,12-13,17H2,1-2H3,(H,18,20). The number of hydrazine groups is 1. The molecule has 0 saturated heterocycles. The number of nitrogens with one attached hydrogen (secondary N) is 1. The third-order valence-corrected chi connectivity index (χ3v) is 3.47. The molecule has 0 spiro atoms. The van der Waals surface area contributed by atoms with Crippen LogP contribution < -0.4 is 11.3 Å². The van der Waals surface area contributed by atoms with Gasteiger partial charge in [-0.05, 0) is 31.5 Å². The van der Waals surface area contributed by atoms with Gasteiger partial charge in [-0.3, -0.25) is 15.1 Å². The normalized spacial score (nSPS) is 12.4. The van der Waals surface area contributed by atoms with Crippen LogP contribution in [0.25, 0.3) is 0 Å². The summed E-state index contributed by atoms with van der Waals surface area (Å²) in [4.78, 5) is 14.4. The van der Waals surface area contributed by atoms with Gasteiger partial charge in [0.15, 0.2) is 0 Å². The van der Waals surface area contributed by atoms with Crippen LogP contribution in [0.2, 0.25) is 0 Å². The molecular weight excluding hydrogens is 250 g/mol. The highest BCUT2D eigenvalue weighted by molar-refractivity contribution is 5.82. The Bertz CT molecular complexity index is 373. The van der Waals surface area contributed by atoms with E-state index in [1.54, 1.807) is 0 Å². The fourth-order valence-electron chi connectivity index (χ4n) is 2.33. The van der Waals surface area contributed by atoms with Crippen LogP contribution in [-0.2, 0) is 4.79 Å². The number of unbranched alkanes of at least 4 members (excludes halogenated alkanes) is 2. The molecule has 20 heavy (non-hydrogen) atoms. The summed E-state index contributed by atoms with van der Waals surface area (Å²) in [7, 11) is 0. The minimum Gasteiger partial charge on any atom is -0.293 e. The van der Waals surface area contributed by atoms with Crippen molar-refractivity contribution in [2.24, 2.45) is 5.84 Å². The van der Waals surface area contributed by atoms with E-state index in [4.69, 9.17) is 5.84 Å². The first-order valence-electron chi connectivity index (χ1n) is 7.54. The number of carbonyl (C=O) groups excluding carboxylic acids is 1. The van der Waals surface area contributed by atoms with Gasteiger partial charge in [0, 0.05) is 0 Å². The summed E-state index contributed by atoms with van der Waals surface area (Å²) < 4.78 is 0. The van der Waals surface area contributed by atoms with Crippen LogP contribution in [-0.4, -0.2) is 23.9 Å². The zero-order valence-electron chi connectivity index (χ0n) is 12.6. The van der Waals surface area contributed by atoms with E-state index in [-0.39, 0.29) is 11.9 Å². The largest absolute Gasteiger partial charge is 0.293 e. The lowest BCUT2D eigenvalue weighted by molar-refractivity contribution is -0.126. The minimum atomic E-state index is -0.292. The average molecular weight is 277 g/mol. The van der Waals surface area contributed by atoms with Crippen LogP contribution in [0.15, 0.2) is 30.3 Å². The van der Waals surface area contributed by atoms with Gasteiger partial charge in [0.1, 0.15) is 6.04 Å². The first-order valence-corrected chi connectivity index (χ1v) is 7.54. The van der Waals surface area contributed by atoms with E-state index in [0.29, 0.717) is 0 Å². The van der Waals surface area contributed by atoms with Crippen LogP contribution in [0.5, 0.6) is 0 Å². The molecule has 3 N–H and O–H groups in total. The Morgan fingerprint density at radius 2 is 1.70 bits per heavy atom. The van der Waals surface area contributed by atoms with E-state index in [1.165, 1.54) is 0 Å². The highest BCUT2D eigenvalue weighted by atomic mass is 16.2. The van der Waals surface area contributed by atoms with Crippen molar-refractivity contribution in [1.29, 1.82) is 0 Å². The van der Waals surface area contributed by atoms with Crippen LogP contribution in [0, 0.1) is 0 Å². The molecular formula is C16H27N3O. The lowest BCUT2D eigenvalue weighted by Gasteiger charge is -2.30. The summed E-state index contributed by atoms with van der Waals surface area (Å²) in [5, 5.41) is 0. The quantitative estimate of drug-likeness (QED) is 0.414. The third kappa shape index (κ3) is 4.94. The van der Waals surface area contributed by atoms with Gasteiger partial charge in [-0.25, -0.2) is 5.84 Å². The van der Waals surface area contributed by atoms with E-state index < -0.39 is 0 Å². The van der Waals surface area contributed by atoms with Gasteiger partial charge in [0.25, 0.3) is 5.91 Å². The molecule has 0 aliphatic rings. The predicted molar refractivity (Wildman–Crippen MR) is 82.9 cm³/mol. The molecule has 0 fully saturated rings. The second-order valence-corrected chi connectivity index (χ2v) is 5.06. The molecule has 0 bridgehead atoms. The number of carbonyl (C=O) groups is 1. The average Bonchev–Trinajstić information content (AvgIpc) is 2.50. The molecule has 0 aliphatic carbocycles. The molecule has 112 valence electrons. The number of amides is 1. The van der Waals surface area contributed by atoms with E-state index >= 15 is 0 Å². The van der Waals surface area contributed by atoms with Gasteiger partial charge < -0.3 is 0 Å². The van der Waals surface area contributed by atoms with Gasteiger partial charge in [-0.2, -0.15) is 0 Å². The van der Waals surface area contributed by atoms with Crippen LogP contribution >= 0.6 is 0 Å². The van der Waals surface area contributed by atoms with Crippen LogP contribution in [0.4, 0.5) is 0 Å². The number of nitrogens with zero attached hydrogens (tertiary/aromatic N) is 1. The van der Waals surface area contributed by atoms with Gasteiger partial charge in [-0.15, -0.1) is 0 Å². The van der Waals surface area contributed by atoms with E-state index in [1.807, 2.05) is 30.3 Å². The summed E-state index contributed by atoms with van der Waals surface area (Å²) in [5.74, 6) is 5.24. The molecule has 0 aromatic heterocycles. The summed E-state index contributed by atoms with van der Waals surface area (Å²) in [6.45, 7) is 6.17. The van der Waals surface area contributed by atoms with Crippen molar-refractivity contribution in [3.05, 3.63) is 35.9 Å². The van der Waals surface area contributed by atoms with Gasteiger partial charge >= 0.3 is 0 Å². The Hall–Kier alpha value is -1.39. The van der Waals surface area contributed by atoms with E-state index in [9.17, 15) is 4.79 Å². The zero-order chi connectivity index (χ0) is 14.8. The van der Waals surface area contributed by atoms with Gasteiger partial charge in [0.05, 0.1) is 0 Å². The summed E-state index contributed by atoms with van der Waals surface area (Å²) in [6, 6.07) is 9.58. The molecule has 0 aliphatic heterocycles. The number of nitrogens with two attached hydrogens (primary N) is 1. The van der Waals surface area contributed by atoms with Crippen LogP contribution in [0.3, 0.4) is 0 Å². The highest BCUT2D eigenvalue weighted by Gasteiger charge is 2.26. The van der Waals surface area contributed by atoms with Crippen molar-refractivity contribution >= 4 is 5.91 Å². The molecule has 4 nitrogen and oxygen atoms in total. The molecule has 1 aromatic rings. The maximum absolute atomic E-state index is 12.2. The minimum absolute atomic E-state index is 0.136. The van der Waals surface area contributed by atoms with Crippen molar-refractivity contribution < 1.29 is 4.79 Å². The fourth-order valence-corrected chi connectivity index (χ4v) is 2.33. The van der Waals surface area contributed by atoms with Crippen molar-refractivity contribution in [3.63, 3.8) is 0 Å². The Kier molecular flexibility index (Phi) is 7.92. The smallest absolute Gasteiger partial charge is 0.255 e. The second kappa shape index (κ2) is 9.50. The molecule has 0 saturated carbocycles. The summed E-state index contributed by atoms with van der Waals surface area (Å²) >= 11 is 0. The van der Waals surface area contributed by atoms with Crippen LogP contribution in [0.1, 0.15) is 51.1 Å². The molecule has 1 rings (SSSR count). The van der Waals surface area contributed by atoms with Crippen molar-refractivity contribution in [3.8, 4) is 0 Å². The van der Waals surface area contributed by atoms with E-state index in [2.05, 4.69) is 24.2 Å². The monoisotopic (exact) mass is 277 g/mol. The first kappa shape index (κ1) is 16.7. The lowest BCUT2D eigenvalue weighted by Crippen LogP contribution is -2.44. The fraction of sp³-hybridized carbons (Fsp3) is 0.562. The summed E-state index contributed by atoms with van der Waals surface area (Å²) in [6.07, 6.45) is 4.42. The zero-order valence-corrected chi connectivity index (χ0v) is 12.6. The van der Waals surface area contributed by atoms with Gasteiger partial charge in [-0.1, -0.05) is 57.0 Å². The molecule has 4 heteroatoms. The van der Waals surface area contributed by atoms with Crippen molar-refractivity contribution in [2.45, 2.75) is 45.6 Å². The lowest BCUT2D eigenvalue weighted by atomic mass is 10.0. The molecule has 1 amide bonds. The molecule has 1 unspecified atom stereocenters. The Morgan fingerprint density at radius 3 is 2.15 bits per heavy atom. The maximum Gasteiger partial charge on any atom is 0.255 e. The maximum atomic E-state index is 12.2. The SMILES string of the molecule is CCCCN(CCCC)C(C(=O)NN)c1ccccc1. The summed E-state index contributed by atoms with van der Waals surface area (Å²) in [5.41, 5.74) is 3.32. The van der Waals surface area contributed by atoms with E-state index in [0.717, 1.165) is 44.3 Å². The van der Waals surface area contributed by atoms with Crippen molar-refractivity contribution in [2.75, 3.05) is 13.1 Å².